The summed E-state index contributed by atoms with van der Waals surface area (Å²) in [6.07, 6.45) is 2.23. The zero-order valence-electron chi connectivity index (χ0n) is 20.1. The van der Waals surface area contributed by atoms with Gasteiger partial charge in [0.1, 0.15) is 11.8 Å². The lowest BCUT2D eigenvalue weighted by Crippen LogP contribution is -2.51. The molecule has 190 valence electrons. The van der Waals surface area contributed by atoms with Gasteiger partial charge in [0.15, 0.2) is 6.61 Å². The monoisotopic (exact) mass is 634 g/mol. The van der Waals surface area contributed by atoms with E-state index in [2.05, 4.69) is 44.1 Å². The summed E-state index contributed by atoms with van der Waals surface area (Å²) in [7, 11) is 0. The molecule has 1 atom stereocenters. The first kappa shape index (κ1) is 28.2. The number of rotatable bonds is 12. The van der Waals surface area contributed by atoms with Crippen molar-refractivity contribution in [2.24, 2.45) is 0 Å². The highest BCUT2D eigenvalue weighted by Gasteiger charge is 2.30. The Labute approximate surface area is 234 Å². The number of nitrogens with zero attached hydrogens (tertiary/aromatic N) is 1. The molecule has 0 radical (unpaired) electrons. The van der Waals surface area contributed by atoms with Gasteiger partial charge in [-0.1, -0.05) is 83.3 Å². The van der Waals surface area contributed by atoms with Crippen LogP contribution in [0.2, 0.25) is 5.02 Å². The average molecular weight is 637 g/mol. The maximum atomic E-state index is 13.6. The van der Waals surface area contributed by atoms with E-state index >= 15 is 0 Å². The summed E-state index contributed by atoms with van der Waals surface area (Å²) >= 11 is 12.9. The molecular formula is C28H29Br2ClN2O3. The number of carbonyl (C=O) groups excluding carboxylic acids is 2. The van der Waals surface area contributed by atoms with Crippen molar-refractivity contribution in [2.75, 3.05) is 13.2 Å². The first-order valence-corrected chi connectivity index (χ1v) is 13.8. The minimum atomic E-state index is -0.697. The molecule has 1 N–H and O–H groups in total. The van der Waals surface area contributed by atoms with Crippen LogP contribution in [-0.4, -0.2) is 35.9 Å². The lowest BCUT2D eigenvalue weighted by atomic mass is 10.0. The summed E-state index contributed by atoms with van der Waals surface area (Å²) in [4.78, 5) is 28.6. The molecule has 8 heteroatoms. The van der Waals surface area contributed by atoms with Gasteiger partial charge < -0.3 is 15.0 Å². The summed E-state index contributed by atoms with van der Waals surface area (Å²) in [6, 6.07) is 21.9. The highest BCUT2D eigenvalue weighted by Crippen LogP contribution is 2.28. The fourth-order valence-corrected chi connectivity index (χ4v) is 4.72. The van der Waals surface area contributed by atoms with Crippen LogP contribution in [0.4, 0.5) is 0 Å². The highest BCUT2D eigenvalue weighted by atomic mass is 79.9. The summed E-state index contributed by atoms with van der Waals surface area (Å²) in [5.74, 6) is 0.0418. The van der Waals surface area contributed by atoms with Crippen molar-refractivity contribution in [3.63, 3.8) is 0 Å². The number of nitrogens with one attached hydrogen (secondary N) is 1. The van der Waals surface area contributed by atoms with E-state index in [1.807, 2.05) is 54.6 Å². The van der Waals surface area contributed by atoms with Crippen molar-refractivity contribution in [3.8, 4) is 5.75 Å². The van der Waals surface area contributed by atoms with Crippen molar-refractivity contribution in [1.29, 1.82) is 0 Å². The maximum absolute atomic E-state index is 13.6. The average Bonchev–Trinajstić information content (AvgIpc) is 2.87. The Balaban J connectivity index is 1.88. The Morgan fingerprint density at radius 3 is 2.39 bits per heavy atom. The fraction of sp³-hybridized carbons (Fsp3) is 0.286. The molecule has 0 aliphatic rings. The normalized spacial score (nSPS) is 11.6. The van der Waals surface area contributed by atoms with Gasteiger partial charge in [-0.15, -0.1) is 0 Å². The predicted molar refractivity (Wildman–Crippen MR) is 151 cm³/mol. The third kappa shape index (κ3) is 8.64. The summed E-state index contributed by atoms with van der Waals surface area (Å²) in [6.45, 7) is 2.69. The minimum absolute atomic E-state index is 0.176. The van der Waals surface area contributed by atoms with Gasteiger partial charge in [-0.25, -0.2) is 0 Å². The van der Waals surface area contributed by atoms with Gasteiger partial charge >= 0.3 is 0 Å². The molecule has 2 amide bonds. The number of halogens is 3. The molecule has 0 fully saturated rings. The highest BCUT2D eigenvalue weighted by molar-refractivity contribution is 9.10. The van der Waals surface area contributed by atoms with E-state index in [0.29, 0.717) is 28.2 Å². The van der Waals surface area contributed by atoms with Crippen LogP contribution < -0.4 is 10.1 Å². The molecule has 0 heterocycles. The third-order valence-electron chi connectivity index (χ3n) is 5.61. The summed E-state index contributed by atoms with van der Waals surface area (Å²) < 4.78 is 7.43. The molecule has 3 aromatic rings. The van der Waals surface area contributed by atoms with Crippen LogP contribution in [-0.2, 0) is 22.6 Å². The second kappa shape index (κ2) is 14.4. The first-order valence-electron chi connectivity index (χ1n) is 11.8. The van der Waals surface area contributed by atoms with Crippen molar-refractivity contribution >= 4 is 55.3 Å². The zero-order chi connectivity index (χ0) is 25.9. The molecule has 0 unspecified atom stereocenters. The predicted octanol–water partition coefficient (Wildman–Crippen LogP) is 6.80. The van der Waals surface area contributed by atoms with Crippen LogP contribution in [0.25, 0.3) is 0 Å². The van der Waals surface area contributed by atoms with Crippen LogP contribution in [0.5, 0.6) is 5.75 Å². The third-order valence-corrected chi connectivity index (χ3v) is 7.00. The van der Waals surface area contributed by atoms with E-state index in [-0.39, 0.29) is 25.0 Å². The van der Waals surface area contributed by atoms with E-state index in [1.165, 1.54) is 0 Å². The van der Waals surface area contributed by atoms with E-state index in [4.69, 9.17) is 16.3 Å². The van der Waals surface area contributed by atoms with Crippen LogP contribution in [0.15, 0.2) is 81.7 Å². The Morgan fingerprint density at radius 2 is 1.72 bits per heavy atom. The van der Waals surface area contributed by atoms with Crippen molar-refractivity contribution < 1.29 is 14.3 Å². The number of unbranched alkanes of at least 4 members (excludes halogenated alkanes) is 1. The quantitative estimate of drug-likeness (QED) is 0.223. The molecule has 0 bridgehead atoms. The number of carbonyl (C=O) groups is 2. The van der Waals surface area contributed by atoms with E-state index in [0.717, 1.165) is 28.4 Å². The van der Waals surface area contributed by atoms with Gasteiger partial charge in [0.2, 0.25) is 5.91 Å². The van der Waals surface area contributed by atoms with Crippen molar-refractivity contribution in [3.05, 3.63) is 97.9 Å². The zero-order valence-corrected chi connectivity index (χ0v) is 24.0. The Bertz CT molecular complexity index is 1140. The molecule has 0 saturated heterocycles. The molecule has 0 aliphatic carbocycles. The lowest BCUT2D eigenvalue weighted by molar-refractivity contribution is -0.142. The van der Waals surface area contributed by atoms with Crippen LogP contribution >= 0.6 is 43.5 Å². The van der Waals surface area contributed by atoms with Gasteiger partial charge in [-0.2, -0.15) is 0 Å². The van der Waals surface area contributed by atoms with Gasteiger partial charge in [0.05, 0.1) is 4.47 Å². The Morgan fingerprint density at radius 1 is 1.00 bits per heavy atom. The molecule has 0 aliphatic heterocycles. The molecule has 0 spiro atoms. The number of benzene rings is 3. The summed E-state index contributed by atoms with van der Waals surface area (Å²) in [5, 5.41) is 3.58. The van der Waals surface area contributed by atoms with Crippen LogP contribution in [0, 0.1) is 0 Å². The smallest absolute Gasteiger partial charge is 0.261 e. The van der Waals surface area contributed by atoms with E-state index in [9.17, 15) is 9.59 Å². The largest absolute Gasteiger partial charge is 0.483 e. The molecule has 0 saturated carbocycles. The second-order valence-corrected chi connectivity index (χ2v) is 10.6. The Kier molecular flexibility index (Phi) is 11.3. The van der Waals surface area contributed by atoms with Crippen LogP contribution in [0.1, 0.15) is 30.9 Å². The van der Waals surface area contributed by atoms with Gasteiger partial charge in [0, 0.05) is 29.0 Å². The Hall–Kier alpha value is -2.35. The van der Waals surface area contributed by atoms with Gasteiger partial charge in [-0.3, -0.25) is 9.59 Å². The van der Waals surface area contributed by atoms with Crippen molar-refractivity contribution in [1.82, 2.24) is 10.2 Å². The molecule has 3 rings (SSSR count). The number of amides is 2. The molecule has 36 heavy (non-hydrogen) atoms. The lowest BCUT2D eigenvalue weighted by Gasteiger charge is -2.31. The van der Waals surface area contributed by atoms with Gasteiger partial charge in [0.25, 0.3) is 5.91 Å². The SMILES string of the molecule is CCCCNC(=O)[C@H](Cc1ccccc1)N(Cc1ccc(Br)cc1)C(=O)COc1ccc(Cl)cc1Br. The van der Waals surface area contributed by atoms with Gasteiger partial charge in [-0.05, 0) is 63.8 Å². The van der Waals surface area contributed by atoms with Crippen molar-refractivity contribution in [2.45, 2.75) is 38.8 Å². The topological polar surface area (TPSA) is 58.6 Å². The fourth-order valence-electron chi connectivity index (χ4n) is 3.66. The second-order valence-electron chi connectivity index (χ2n) is 8.36. The molecule has 0 aromatic heterocycles. The van der Waals surface area contributed by atoms with Crippen LogP contribution in [0.3, 0.4) is 0 Å². The van der Waals surface area contributed by atoms with E-state index in [1.54, 1.807) is 23.1 Å². The standard InChI is InChI=1S/C28H29Br2ClN2O3/c1-2-3-15-32-28(35)25(16-20-7-5-4-6-8-20)33(18-21-9-11-22(29)12-10-21)27(34)19-36-26-14-13-23(31)17-24(26)30/h4-14,17,25H,2-3,15-16,18-19H2,1H3,(H,32,35)/t25-/m0/s1. The number of ether oxygens (including phenoxy) is 1. The maximum Gasteiger partial charge on any atom is 0.261 e. The van der Waals surface area contributed by atoms with E-state index < -0.39 is 6.04 Å². The number of hydrogen-bond donors (Lipinski definition) is 1. The first-order chi connectivity index (χ1) is 17.4. The summed E-state index contributed by atoms with van der Waals surface area (Å²) in [5.41, 5.74) is 1.89. The molecule has 3 aromatic carbocycles. The molecule has 5 nitrogen and oxygen atoms in total. The number of hydrogen-bond acceptors (Lipinski definition) is 3. The minimum Gasteiger partial charge on any atom is -0.483 e. The molecular weight excluding hydrogens is 608 g/mol.